The minimum atomic E-state index is 0. The van der Waals surface area contributed by atoms with E-state index in [0.717, 1.165) is 19.0 Å². The molecule has 0 amide bonds. The monoisotopic (exact) mass is 240 g/mol. The zero-order valence-corrected chi connectivity index (χ0v) is 9.68. The van der Waals surface area contributed by atoms with E-state index >= 15 is 0 Å². The van der Waals surface area contributed by atoms with Crippen molar-refractivity contribution >= 4 is 36.2 Å². The molecule has 2 rings (SSSR count). The Balaban J connectivity index is 0.000000720. The van der Waals surface area contributed by atoms with Crippen molar-refractivity contribution in [3.05, 3.63) is 16.6 Å². The second-order valence-electron chi connectivity index (χ2n) is 2.89. The van der Waals surface area contributed by atoms with Crippen LogP contribution in [0.15, 0.2) is 11.6 Å². The lowest BCUT2D eigenvalue weighted by atomic mass is 9.99. The van der Waals surface area contributed by atoms with Gasteiger partial charge in [0.1, 0.15) is 0 Å². The second kappa shape index (κ2) is 6.60. The maximum Gasteiger partial charge on any atom is 0.0956 e. The van der Waals surface area contributed by atoms with Crippen LogP contribution in [0.4, 0.5) is 0 Å². The number of thiazole rings is 1. The van der Waals surface area contributed by atoms with Gasteiger partial charge in [0.05, 0.1) is 5.01 Å². The van der Waals surface area contributed by atoms with Crippen LogP contribution in [0.3, 0.4) is 0 Å². The van der Waals surface area contributed by atoms with Crippen LogP contribution in [0.5, 0.6) is 0 Å². The van der Waals surface area contributed by atoms with Gasteiger partial charge in [-0.2, -0.15) is 0 Å². The largest absolute Gasteiger partial charge is 0.317 e. The zero-order valence-electron chi connectivity index (χ0n) is 7.23. The second-order valence-corrected chi connectivity index (χ2v) is 3.82. The van der Waals surface area contributed by atoms with Crippen LogP contribution >= 0.6 is 36.2 Å². The average Bonchev–Trinajstić information content (AvgIpc) is 2.58. The van der Waals surface area contributed by atoms with Crippen LogP contribution in [0.25, 0.3) is 0 Å². The Kier molecular flexibility index (Phi) is 6.68. The van der Waals surface area contributed by atoms with Crippen LogP contribution in [-0.2, 0) is 0 Å². The van der Waals surface area contributed by atoms with Gasteiger partial charge in [-0.25, -0.2) is 4.98 Å². The normalized spacial score (nSPS) is 17.2. The Morgan fingerprint density at radius 1 is 1.31 bits per heavy atom. The smallest absolute Gasteiger partial charge is 0.0956 e. The first kappa shape index (κ1) is 13.2. The highest BCUT2D eigenvalue weighted by Crippen LogP contribution is 2.26. The summed E-state index contributed by atoms with van der Waals surface area (Å²) in [6.45, 7) is 2.31. The molecule has 13 heavy (non-hydrogen) atoms. The molecule has 0 radical (unpaired) electrons. The average molecular weight is 241 g/mol. The Bertz CT molecular complexity index is 210. The van der Waals surface area contributed by atoms with E-state index in [4.69, 9.17) is 0 Å². The minimum absolute atomic E-state index is 0. The molecule has 0 bridgehead atoms. The molecule has 1 aromatic rings. The van der Waals surface area contributed by atoms with E-state index in [1.54, 1.807) is 11.3 Å². The first-order valence-electron chi connectivity index (χ1n) is 4.07. The molecule has 2 nitrogen and oxygen atoms in total. The summed E-state index contributed by atoms with van der Waals surface area (Å²) < 4.78 is 0. The number of aromatic nitrogens is 1. The summed E-state index contributed by atoms with van der Waals surface area (Å²) >= 11 is 1.79. The van der Waals surface area contributed by atoms with E-state index in [1.165, 1.54) is 17.8 Å². The maximum absolute atomic E-state index is 4.33. The summed E-state index contributed by atoms with van der Waals surface area (Å²) in [5.74, 6) is 0.733. The highest BCUT2D eigenvalue weighted by molar-refractivity contribution is 7.09. The van der Waals surface area contributed by atoms with Crippen LogP contribution in [0.2, 0.25) is 0 Å². The fraction of sp³-hybridized carbons (Fsp3) is 0.625. The first-order chi connectivity index (χ1) is 5.47. The van der Waals surface area contributed by atoms with Gasteiger partial charge >= 0.3 is 0 Å². The van der Waals surface area contributed by atoms with Crippen LogP contribution in [0, 0.1) is 0 Å². The first-order valence-corrected chi connectivity index (χ1v) is 4.95. The highest BCUT2D eigenvalue weighted by atomic mass is 35.5. The predicted molar refractivity (Wildman–Crippen MR) is 61.5 cm³/mol. The Morgan fingerprint density at radius 2 is 2.00 bits per heavy atom. The van der Waals surface area contributed by atoms with Gasteiger partial charge in [0, 0.05) is 17.5 Å². The van der Waals surface area contributed by atoms with E-state index < -0.39 is 0 Å². The number of piperidine rings is 1. The molecule has 1 N–H and O–H groups in total. The molecule has 0 unspecified atom stereocenters. The van der Waals surface area contributed by atoms with Gasteiger partial charge in [-0.1, -0.05) is 0 Å². The molecular formula is C8H14Cl2N2S. The van der Waals surface area contributed by atoms with Crippen molar-refractivity contribution in [2.75, 3.05) is 13.1 Å². The van der Waals surface area contributed by atoms with Gasteiger partial charge < -0.3 is 5.32 Å². The summed E-state index contributed by atoms with van der Waals surface area (Å²) in [7, 11) is 0. The minimum Gasteiger partial charge on any atom is -0.317 e. The van der Waals surface area contributed by atoms with Crippen molar-refractivity contribution in [3.63, 3.8) is 0 Å². The molecule has 76 valence electrons. The van der Waals surface area contributed by atoms with E-state index in [9.17, 15) is 0 Å². The van der Waals surface area contributed by atoms with E-state index in [1.807, 2.05) is 6.20 Å². The van der Waals surface area contributed by atoms with Crippen molar-refractivity contribution in [2.24, 2.45) is 0 Å². The van der Waals surface area contributed by atoms with E-state index in [-0.39, 0.29) is 24.8 Å². The zero-order chi connectivity index (χ0) is 7.52. The summed E-state index contributed by atoms with van der Waals surface area (Å²) in [4.78, 5) is 4.33. The number of nitrogens with one attached hydrogen (secondary N) is 1. The molecule has 0 aliphatic carbocycles. The molecule has 1 fully saturated rings. The molecule has 2 heterocycles. The maximum atomic E-state index is 4.33. The van der Waals surface area contributed by atoms with Gasteiger partial charge in [-0.05, 0) is 25.9 Å². The Morgan fingerprint density at radius 3 is 2.54 bits per heavy atom. The SMILES string of the molecule is Cl.Cl.c1csc(C2CCNCC2)n1. The number of nitrogens with zero attached hydrogens (tertiary/aromatic N) is 1. The molecule has 0 atom stereocenters. The van der Waals surface area contributed by atoms with Gasteiger partial charge in [-0.15, -0.1) is 36.2 Å². The summed E-state index contributed by atoms with van der Waals surface area (Å²) in [5, 5.41) is 6.75. The lowest BCUT2D eigenvalue weighted by Crippen LogP contribution is -2.26. The molecule has 0 spiro atoms. The summed E-state index contributed by atoms with van der Waals surface area (Å²) in [5.41, 5.74) is 0. The number of halogens is 2. The van der Waals surface area contributed by atoms with Crippen molar-refractivity contribution in [2.45, 2.75) is 18.8 Å². The lowest BCUT2D eigenvalue weighted by Gasteiger charge is -2.20. The number of hydrogen-bond donors (Lipinski definition) is 1. The van der Waals surface area contributed by atoms with Crippen molar-refractivity contribution in [1.29, 1.82) is 0 Å². The lowest BCUT2D eigenvalue weighted by molar-refractivity contribution is 0.459. The van der Waals surface area contributed by atoms with Crippen molar-refractivity contribution in [1.82, 2.24) is 10.3 Å². The predicted octanol–water partition coefficient (Wildman–Crippen LogP) is 2.45. The van der Waals surface area contributed by atoms with Gasteiger partial charge in [0.25, 0.3) is 0 Å². The highest BCUT2D eigenvalue weighted by Gasteiger charge is 2.16. The standard InChI is InChI=1S/C8H12N2S.2ClH/c1-3-9-4-2-7(1)8-10-5-6-11-8;;/h5-7,9H,1-4H2;2*1H. The third-order valence-electron chi connectivity index (χ3n) is 2.14. The van der Waals surface area contributed by atoms with E-state index in [2.05, 4.69) is 15.7 Å². The topological polar surface area (TPSA) is 24.9 Å². The van der Waals surface area contributed by atoms with Crippen molar-refractivity contribution < 1.29 is 0 Å². The fourth-order valence-corrected chi connectivity index (χ4v) is 2.32. The van der Waals surface area contributed by atoms with Crippen LogP contribution in [0.1, 0.15) is 23.8 Å². The summed E-state index contributed by atoms with van der Waals surface area (Å²) in [6.07, 6.45) is 4.42. The van der Waals surface area contributed by atoms with Crippen LogP contribution in [-0.4, -0.2) is 18.1 Å². The van der Waals surface area contributed by atoms with Gasteiger partial charge in [-0.3, -0.25) is 0 Å². The quantitative estimate of drug-likeness (QED) is 0.816. The Hall–Kier alpha value is 0.170. The molecular weight excluding hydrogens is 227 g/mol. The summed E-state index contributed by atoms with van der Waals surface area (Å²) in [6, 6.07) is 0. The third-order valence-corrected chi connectivity index (χ3v) is 3.08. The van der Waals surface area contributed by atoms with Crippen molar-refractivity contribution in [3.8, 4) is 0 Å². The third kappa shape index (κ3) is 3.43. The molecule has 1 aliphatic rings. The molecule has 5 heteroatoms. The molecule has 1 aliphatic heterocycles. The Labute approximate surface area is 95.0 Å². The van der Waals surface area contributed by atoms with E-state index in [0.29, 0.717) is 0 Å². The van der Waals surface area contributed by atoms with Gasteiger partial charge in [0.2, 0.25) is 0 Å². The molecule has 1 saturated heterocycles. The number of hydrogen-bond acceptors (Lipinski definition) is 3. The molecule has 0 aromatic carbocycles. The molecule has 1 aromatic heterocycles. The fourth-order valence-electron chi connectivity index (χ4n) is 1.50. The van der Waals surface area contributed by atoms with Crippen LogP contribution < -0.4 is 5.32 Å². The van der Waals surface area contributed by atoms with Gasteiger partial charge in [0.15, 0.2) is 0 Å². The number of rotatable bonds is 1. The molecule has 0 saturated carbocycles.